The van der Waals surface area contributed by atoms with Gasteiger partial charge in [-0.15, -0.1) is 0 Å². The van der Waals surface area contributed by atoms with Crippen molar-refractivity contribution < 1.29 is 4.74 Å². The third-order valence-corrected chi connectivity index (χ3v) is 3.50. The van der Waals surface area contributed by atoms with Gasteiger partial charge < -0.3 is 4.74 Å². The van der Waals surface area contributed by atoms with Gasteiger partial charge in [-0.1, -0.05) is 84.1 Å². The average Bonchev–Trinajstić information content (AvgIpc) is 2.43. The minimum Gasteiger partial charge on any atom is -0.474 e. The zero-order chi connectivity index (χ0) is 14.0. The average molecular weight is 266 g/mol. The summed E-state index contributed by atoms with van der Waals surface area (Å²) in [6.45, 7) is 5.77. The molecule has 0 saturated carbocycles. The number of allylic oxidation sites excluding steroid dienone is 1. The van der Waals surface area contributed by atoms with Gasteiger partial charge in [0, 0.05) is 0 Å². The first-order valence-corrected chi connectivity index (χ1v) is 8.33. The molecule has 0 aromatic heterocycles. The molecule has 1 nitrogen and oxygen atoms in total. The van der Waals surface area contributed by atoms with E-state index >= 15 is 0 Å². The Labute approximate surface area is 121 Å². The van der Waals surface area contributed by atoms with E-state index in [2.05, 4.69) is 19.6 Å². The van der Waals surface area contributed by atoms with Crippen LogP contribution in [0.2, 0.25) is 0 Å². The van der Waals surface area contributed by atoms with Crippen LogP contribution in [0.4, 0.5) is 0 Å². The normalized spacial score (nSPS) is 11.0. The van der Waals surface area contributed by atoms with Crippen LogP contribution >= 0.6 is 0 Å². The predicted octanol–water partition coefficient (Wildman–Crippen LogP) is 6.75. The van der Waals surface area contributed by atoms with Crippen molar-refractivity contribution in [3.8, 4) is 0 Å². The molecule has 0 saturated heterocycles. The number of rotatable bonds is 15. The van der Waals surface area contributed by atoms with Crippen molar-refractivity contribution >= 4 is 0 Å². The molecule has 0 unspecified atom stereocenters. The van der Waals surface area contributed by atoms with Gasteiger partial charge in [-0.25, -0.2) is 0 Å². The van der Waals surface area contributed by atoms with Gasteiger partial charge in [0.2, 0.25) is 0 Å². The minimum atomic E-state index is 1.13. The second kappa shape index (κ2) is 17.3. The van der Waals surface area contributed by atoms with E-state index < -0.39 is 0 Å². The first kappa shape index (κ1) is 18.3. The third kappa shape index (κ3) is 17.3. The Balaban J connectivity index is 2.97. The first-order chi connectivity index (χ1) is 9.41. The molecule has 0 fully saturated rings. The van der Waals surface area contributed by atoms with Crippen molar-refractivity contribution in [1.29, 1.82) is 0 Å². The molecule has 0 heterocycles. The molecule has 0 bridgehead atoms. The molecule has 0 spiro atoms. The lowest BCUT2D eigenvalue weighted by Gasteiger charge is -2.02. The maximum absolute atomic E-state index is 4.92. The van der Waals surface area contributed by atoms with Gasteiger partial charge in [0.1, 0.15) is 0 Å². The third-order valence-electron chi connectivity index (χ3n) is 3.50. The highest BCUT2D eigenvalue weighted by Crippen LogP contribution is 2.12. The van der Waals surface area contributed by atoms with Crippen LogP contribution in [-0.4, -0.2) is 0 Å². The summed E-state index contributed by atoms with van der Waals surface area (Å²) in [5.74, 6) is 0. The molecule has 0 N–H and O–H groups in total. The van der Waals surface area contributed by atoms with Gasteiger partial charge >= 0.3 is 0 Å². The number of hydrogen-bond donors (Lipinski definition) is 0. The SMILES string of the molecule is C=COC=CCCCCCCCCCCCCCC. The Kier molecular flexibility index (Phi) is 16.6. The Hall–Kier alpha value is -0.720. The van der Waals surface area contributed by atoms with Crippen molar-refractivity contribution in [3.63, 3.8) is 0 Å². The summed E-state index contributed by atoms with van der Waals surface area (Å²) in [6, 6.07) is 0. The van der Waals surface area contributed by atoms with Crippen LogP contribution in [0.25, 0.3) is 0 Å². The van der Waals surface area contributed by atoms with Crippen LogP contribution in [0.3, 0.4) is 0 Å². The van der Waals surface area contributed by atoms with E-state index in [0.29, 0.717) is 0 Å². The zero-order valence-corrected chi connectivity index (χ0v) is 13.0. The van der Waals surface area contributed by atoms with Crippen molar-refractivity contribution in [2.75, 3.05) is 0 Å². The summed E-state index contributed by atoms with van der Waals surface area (Å²) in [5, 5.41) is 0. The summed E-state index contributed by atoms with van der Waals surface area (Å²) < 4.78 is 4.92. The lowest BCUT2D eigenvalue weighted by atomic mass is 10.0. The van der Waals surface area contributed by atoms with E-state index in [4.69, 9.17) is 4.74 Å². The highest BCUT2D eigenvalue weighted by Gasteiger charge is 1.92. The maximum atomic E-state index is 4.92. The Morgan fingerprint density at radius 3 is 1.68 bits per heavy atom. The van der Waals surface area contributed by atoms with Gasteiger partial charge in [-0.05, 0) is 18.9 Å². The Morgan fingerprint density at radius 1 is 0.737 bits per heavy atom. The molecule has 0 aliphatic rings. The zero-order valence-electron chi connectivity index (χ0n) is 13.0. The van der Waals surface area contributed by atoms with E-state index in [1.54, 1.807) is 6.26 Å². The van der Waals surface area contributed by atoms with Gasteiger partial charge in [0.25, 0.3) is 0 Å². The summed E-state index contributed by atoms with van der Waals surface area (Å²) in [4.78, 5) is 0. The molecule has 0 atom stereocenters. The van der Waals surface area contributed by atoms with Gasteiger partial charge in [-0.3, -0.25) is 0 Å². The lowest BCUT2D eigenvalue weighted by molar-refractivity contribution is 0.402. The van der Waals surface area contributed by atoms with Crippen molar-refractivity contribution in [3.05, 3.63) is 25.2 Å². The first-order valence-electron chi connectivity index (χ1n) is 8.33. The van der Waals surface area contributed by atoms with Gasteiger partial charge in [-0.2, -0.15) is 0 Å². The molecule has 0 rings (SSSR count). The van der Waals surface area contributed by atoms with E-state index in [0.717, 1.165) is 6.42 Å². The largest absolute Gasteiger partial charge is 0.474 e. The number of ether oxygens (including phenoxy) is 1. The van der Waals surface area contributed by atoms with Crippen LogP contribution in [0.15, 0.2) is 25.2 Å². The highest BCUT2D eigenvalue weighted by atomic mass is 16.5. The van der Waals surface area contributed by atoms with E-state index in [9.17, 15) is 0 Å². The molecule has 0 aliphatic carbocycles. The Morgan fingerprint density at radius 2 is 1.21 bits per heavy atom. The second-order valence-electron chi connectivity index (χ2n) is 5.35. The van der Waals surface area contributed by atoms with Crippen LogP contribution in [0.5, 0.6) is 0 Å². The van der Waals surface area contributed by atoms with E-state index in [1.165, 1.54) is 83.3 Å². The number of unbranched alkanes of at least 4 members (excludes halogenated alkanes) is 12. The lowest BCUT2D eigenvalue weighted by Crippen LogP contribution is -1.82. The molecule has 1 heteroatoms. The Bertz CT molecular complexity index is 196. The van der Waals surface area contributed by atoms with Crippen molar-refractivity contribution in [1.82, 2.24) is 0 Å². The van der Waals surface area contributed by atoms with Gasteiger partial charge in [0.05, 0.1) is 12.5 Å². The highest BCUT2D eigenvalue weighted by molar-refractivity contribution is 4.75. The number of hydrogen-bond acceptors (Lipinski definition) is 1. The van der Waals surface area contributed by atoms with Crippen molar-refractivity contribution in [2.45, 2.75) is 90.4 Å². The maximum Gasteiger partial charge on any atom is 0.0861 e. The molecule has 0 amide bonds. The fourth-order valence-electron chi connectivity index (χ4n) is 2.28. The second-order valence-corrected chi connectivity index (χ2v) is 5.35. The van der Waals surface area contributed by atoms with Crippen LogP contribution in [0, 0.1) is 0 Å². The molecule has 0 radical (unpaired) electrons. The van der Waals surface area contributed by atoms with E-state index in [1.807, 2.05) is 0 Å². The van der Waals surface area contributed by atoms with E-state index in [-0.39, 0.29) is 0 Å². The molecule has 19 heavy (non-hydrogen) atoms. The van der Waals surface area contributed by atoms with Crippen LogP contribution < -0.4 is 0 Å². The predicted molar refractivity (Wildman–Crippen MR) is 86.1 cm³/mol. The van der Waals surface area contributed by atoms with Gasteiger partial charge in [0.15, 0.2) is 0 Å². The molecular formula is C18H34O. The summed E-state index contributed by atoms with van der Waals surface area (Å²) in [7, 11) is 0. The summed E-state index contributed by atoms with van der Waals surface area (Å²) in [6.07, 6.45) is 23.3. The summed E-state index contributed by atoms with van der Waals surface area (Å²) in [5.41, 5.74) is 0. The molecule has 112 valence electrons. The fraction of sp³-hybridized carbons (Fsp3) is 0.778. The monoisotopic (exact) mass is 266 g/mol. The van der Waals surface area contributed by atoms with Crippen LogP contribution in [0.1, 0.15) is 90.4 Å². The van der Waals surface area contributed by atoms with Crippen molar-refractivity contribution in [2.24, 2.45) is 0 Å². The van der Waals surface area contributed by atoms with Crippen LogP contribution in [-0.2, 0) is 4.74 Å². The topological polar surface area (TPSA) is 9.23 Å². The smallest absolute Gasteiger partial charge is 0.0861 e. The minimum absolute atomic E-state index is 1.13. The molecule has 0 aliphatic heterocycles. The molecule has 0 aromatic rings. The fourth-order valence-corrected chi connectivity index (χ4v) is 2.28. The molecule has 0 aromatic carbocycles. The standard InChI is InChI=1S/C18H34O/c1-3-5-6-7-8-9-10-11-12-13-14-15-16-17-18-19-4-2/h4,17-18H,2-3,5-16H2,1H3. The summed E-state index contributed by atoms with van der Waals surface area (Å²) >= 11 is 0. The quantitative estimate of drug-likeness (QED) is 0.235. The molecular weight excluding hydrogens is 232 g/mol.